The van der Waals surface area contributed by atoms with Crippen LogP contribution >= 0.6 is 11.3 Å². The van der Waals surface area contributed by atoms with Crippen molar-refractivity contribution in [3.05, 3.63) is 101 Å². The van der Waals surface area contributed by atoms with E-state index < -0.39 is 11.2 Å². The standard InChI is InChI=1S/C22H17O2S2/c23-21-11-12-22(20(21)15-17-13-14-25-16-17)24-26(18-7-3-1-4-8-18)19-9-5-2-6-10-19/h1-16,22H/q+1/b20-15+. The van der Waals surface area contributed by atoms with Gasteiger partial charge in [0.25, 0.3) is 0 Å². The molecule has 0 N–H and O–H groups in total. The van der Waals surface area contributed by atoms with Gasteiger partial charge in [-0.05, 0) is 64.9 Å². The Labute approximate surface area is 160 Å². The summed E-state index contributed by atoms with van der Waals surface area (Å²) in [6.07, 6.45) is 5.06. The fourth-order valence-electron chi connectivity index (χ4n) is 2.73. The van der Waals surface area contributed by atoms with Crippen LogP contribution in [0.25, 0.3) is 6.08 Å². The number of hydrogen-bond donors (Lipinski definition) is 0. The van der Waals surface area contributed by atoms with Crippen LogP contribution in [0.2, 0.25) is 0 Å². The largest absolute Gasteiger partial charge is 0.290 e. The minimum absolute atomic E-state index is 0.0193. The topological polar surface area (TPSA) is 26.3 Å². The molecular formula is C22H17O2S2+. The van der Waals surface area contributed by atoms with E-state index >= 15 is 0 Å². The highest BCUT2D eigenvalue weighted by atomic mass is 32.2. The zero-order chi connectivity index (χ0) is 17.8. The van der Waals surface area contributed by atoms with Crippen molar-refractivity contribution in [2.45, 2.75) is 15.9 Å². The van der Waals surface area contributed by atoms with E-state index in [2.05, 4.69) is 24.3 Å². The lowest BCUT2D eigenvalue weighted by Crippen LogP contribution is -2.19. The molecule has 2 nitrogen and oxygen atoms in total. The summed E-state index contributed by atoms with van der Waals surface area (Å²) in [6.45, 7) is 0. The van der Waals surface area contributed by atoms with Crippen molar-refractivity contribution in [2.24, 2.45) is 0 Å². The van der Waals surface area contributed by atoms with Crippen molar-refractivity contribution in [2.75, 3.05) is 0 Å². The zero-order valence-electron chi connectivity index (χ0n) is 13.9. The Morgan fingerprint density at radius 1 is 0.923 bits per heavy atom. The lowest BCUT2D eigenvalue weighted by Gasteiger charge is -2.12. The van der Waals surface area contributed by atoms with E-state index in [9.17, 15) is 4.79 Å². The summed E-state index contributed by atoms with van der Waals surface area (Å²) in [4.78, 5) is 14.5. The van der Waals surface area contributed by atoms with Gasteiger partial charge in [0.1, 0.15) is 0 Å². The molecule has 1 heterocycles. The van der Waals surface area contributed by atoms with Gasteiger partial charge in [0.2, 0.25) is 11.2 Å². The Morgan fingerprint density at radius 2 is 1.58 bits per heavy atom. The lowest BCUT2D eigenvalue weighted by atomic mass is 10.1. The molecule has 1 atom stereocenters. The van der Waals surface area contributed by atoms with Crippen molar-refractivity contribution in [1.29, 1.82) is 0 Å². The molecule has 3 aromatic rings. The quantitative estimate of drug-likeness (QED) is 0.445. The van der Waals surface area contributed by atoms with Crippen LogP contribution in [0.4, 0.5) is 0 Å². The maximum absolute atomic E-state index is 12.3. The Balaban J connectivity index is 1.67. The van der Waals surface area contributed by atoms with Gasteiger partial charge in [0.15, 0.2) is 21.7 Å². The molecule has 1 unspecified atom stereocenters. The molecule has 4 rings (SSSR count). The summed E-state index contributed by atoms with van der Waals surface area (Å²) >= 11 is 1.05. The summed E-state index contributed by atoms with van der Waals surface area (Å²) < 4.78 is 6.47. The molecule has 0 aliphatic heterocycles. The molecule has 0 saturated carbocycles. The summed E-state index contributed by atoms with van der Waals surface area (Å²) in [5.74, 6) is 0.0193. The predicted molar refractivity (Wildman–Crippen MR) is 108 cm³/mol. The van der Waals surface area contributed by atoms with E-state index in [0.29, 0.717) is 5.57 Å². The molecule has 26 heavy (non-hydrogen) atoms. The first-order valence-electron chi connectivity index (χ1n) is 8.29. The van der Waals surface area contributed by atoms with Gasteiger partial charge in [-0.1, -0.05) is 36.4 Å². The van der Waals surface area contributed by atoms with Gasteiger partial charge in [-0.2, -0.15) is 11.3 Å². The number of allylic oxidation sites excluding steroid dienone is 1. The van der Waals surface area contributed by atoms with Crippen LogP contribution in [-0.2, 0) is 20.2 Å². The first kappa shape index (κ1) is 17.0. The number of ketones is 1. The van der Waals surface area contributed by atoms with Crippen molar-refractivity contribution < 1.29 is 8.98 Å². The average molecular weight is 378 g/mol. The van der Waals surface area contributed by atoms with Crippen molar-refractivity contribution in [3.63, 3.8) is 0 Å². The van der Waals surface area contributed by atoms with Gasteiger partial charge in [-0.3, -0.25) is 4.79 Å². The summed E-state index contributed by atoms with van der Waals surface area (Å²) in [7, 11) is 0. The molecule has 0 saturated heterocycles. The van der Waals surface area contributed by atoms with Gasteiger partial charge >= 0.3 is 0 Å². The fourth-order valence-corrected chi connectivity index (χ4v) is 5.02. The van der Waals surface area contributed by atoms with Crippen molar-refractivity contribution in [3.8, 4) is 0 Å². The first-order chi connectivity index (χ1) is 12.8. The first-order valence-corrected chi connectivity index (χ1v) is 10.4. The fraction of sp³-hybridized carbons (Fsp3) is 0.0455. The van der Waals surface area contributed by atoms with Gasteiger partial charge in [-0.25, -0.2) is 0 Å². The van der Waals surface area contributed by atoms with Crippen LogP contribution in [0.5, 0.6) is 0 Å². The molecule has 128 valence electrons. The van der Waals surface area contributed by atoms with Crippen LogP contribution in [0.3, 0.4) is 0 Å². The molecule has 0 amide bonds. The van der Waals surface area contributed by atoms with Crippen LogP contribution in [0.15, 0.2) is 105 Å². The third-order valence-electron chi connectivity index (χ3n) is 3.99. The molecule has 1 aromatic heterocycles. The molecule has 1 aliphatic rings. The highest BCUT2D eigenvalue weighted by Crippen LogP contribution is 2.31. The van der Waals surface area contributed by atoms with E-state index in [1.165, 1.54) is 0 Å². The lowest BCUT2D eigenvalue weighted by molar-refractivity contribution is -0.111. The maximum Gasteiger partial charge on any atom is 0.224 e. The molecule has 0 bridgehead atoms. The number of carbonyl (C=O) groups excluding carboxylic acids is 1. The highest BCUT2D eigenvalue weighted by Gasteiger charge is 2.36. The van der Waals surface area contributed by atoms with Gasteiger partial charge < -0.3 is 0 Å². The van der Waals surface area contributed by atoms with E-state index in [-0.39, 0.29) is 11.9 Å². The van der Waals surface area contributed by atoms with E-state index in [0.717, 1.165) is 15.4 Å². The van der Waals surface area contributed by atoms with Gasteiger partial charge in [0.05, 0.1) is 0 Å². The van der Waals surface area contributed by atoms with Crippen LogP contribution in [-0.4, -0.2) is 11.9 Å². The number of benzene rings is 2. The molecule has 0 radical (unpaired) electrons. The third kappa shape index (κ3) is 3.73. The smallest absolute Gasteiger partial charge is 0.224 e. The molecule has 2 aromatic carbocycles. The van der Waals surface area contributed by atoms with Gasteiger partial charge in [0, 0.05) is 5.57 Å². The highest BCUT2D eigenvalue weighted by molar-refractivity contribution is 7.92. The number of thiophene rings is 1. The second kappa shape index (κ2) is 7.87. The monoisotopic (exact) mass is 377 g/mol. The number of hydrogen-bond acceptors (Lipinski definition) is 3. The average Bonchev–Trinajstić information content (AvgIpc) is 3.33. The Kier molecular flexibility index (Phi) is 5.16. The minimum Gasteiger partial charge on any atom is -0.290 e. The van der Waals surface area contributed by atoms with E-state index in [1.54, 1.807) is 17.4 Å². The molecule has 1 aliphatic carbocycles. The van der Waals surface area contributed by atoms with Crippen LogP contribution in [0.1, 0.15) is 5.56 Å². The predicted octanol–water partition coefficient (Wildman–Crippen LogP) is 5.31. The van der Waals surface area contributed by atoms with Crippen molar-refractivity contribution in [1.82, 2.24) is 0 Å². The second-order valence-electron chi connectivity index (χ2n) is 5.79. The SMILES string of the molecule is O=C1C=CC(O[S+](c2ccccc2)c2ccccc2)/C1=C/c1ccsc1. The van der Waals surface area contributed by atoms with Crippen LogP contribution < -0.4 is 0 Å². The molecular weight excluding hydrogens is 360 g/mol. The zero-order valence-corrected chi connectivity index (χ0v) is 15.6. The van der Waals surface area contributed by atoms with E-state index in [4.69, 9.17) is 4.18 Å². The van der Waals surface area contributed by atoms with Crippen LogP contribution in [0, 0.1) is 0 Å². The summed E-state index contributed by atoms with van der Waals surface area (Å²) in [6, 6.07) is 22.3. The number of rotatable bonds is 5. The minimum atomic E-state index is -0.567. The molecule has 0 fully saturated rings. The third-order valence-corrected chi connectivity index (χ3v) is 6.50. The van der Waals surface area contributed by atoms with Crippen molar-refractivity contribution >= 4 is 34.4 Å². The molecule has 4 heteroatoms. The number of carbonyl (C=O) groups is 1. The Morgan fingerprint density at radius 3 is 2.15 bits per heavy atom. The second-order valence-corrected chi connectivity index (χ2v) is 8.24. The normalized spacial score (nSPS) is 18.1. The Hall–Kier alpha value is -2.40. The van der Waals surface area contributed by atoms with E-state index in [1.807, 2.05) is 65.4 Å². The maximum atomic E-state index is 12.3. The van der Waals surface area contributed by atoms with Gasteiger partial charge in [-0.15, -0.1) is 4.18 Å². The summed E-state index contributed by atoms with van der Waals surface area (Å²) in [5.41, 5.74) is 1.72. The Bertz CT molecular complexity index is 889. The molecule has 0 spiro atoms. The summed E-state index contributed by atoms with van der Waals surface area (Å²) in [5, 5.41) is 4.04.